The van der Waals surface area contributed by atoms with Crippen LogP contribution in [0.1, 0.15) is 112 Å². The number of amides is 1. The average molecular weight is 780 g/mol. The van der Waals surface area contributed by atoms with Crippen LogP contribution in [-0.4, -0.2) is 119 Å². The van der Waals surface area contributed by atoms with Gasteiger partial charge in [-0.25, -0.2) is 9.18 Å². The Morgan fingerprint density at radius 1 is 0.964 bits per heavy atom. The summed E-state index contributed by atoms with van der Waals surface area (Å²) in [5.74, 6) is -8.05. The number of aliphatic hydroxyl groups is 3. The molecule has 4 rings (SSSR count). The topological polar surface area (TPSA) is 169 Å². The Hall–Kier alpha value is -2.55. The zero-order valence-electron chi connectivity index (χ0n) is 34.1. The van der Waals surface area contributed by atoms with Gasteiger partial charge in [-0.15, -0.1) is 0 Å². The molecule has 1 saturated carbocycles. The number of alkyl halides is 1. The number of allylic oxidation sites excluding steroid dienone is 3. The van der Waals surface area contributed by atoms with Crippen molar-refractivity contribution in [2.24, 2.45) is 29.6 Å². The third-order valence-electron chi connectivity index (χ3n) is 12.7. The Bertz CT molecular complexity index is 1420. The van der Waals surface area contributed by atoms with Crippen LogP contribution < -0.4 is 0 Å². The minimum Gasteiger partial charge on any atom is -0.456 e. The van der Waals surface area contributed by atoms with Crippen molar-refractivity contribution in [1.82, 2.24) is 4.90 Å². The van der Waals surface area contributed by atoms with Crippen LogP contribution in [0.25, 0.3) is 0 Å². The van der Waals surface area contributed by atoms with Gasteiger partial charge in [0, 0.05) is 39.0 Å². The fourth-order valence-electron chi connectivity index (χ4n) is 9.06. The number of rotatable bonds is 5. The minimum atomic E-state index is -2.57. The fourth-order valence-corrected chi connectivity index (χ4v) is 9.06. The highest BCUT2D eigenvalue weighted by Crippen LogP contribution is 2.39. The van der Waals surface area contributed by atoms with Crippen molar-refractivity contribution in [3.63, 3.8) is 0 Å². The molecule has 55 heavy (non-hydrogen) atoms. The third-order valence-corrected chi connectivity index (χ3v) is 12.7. The maximum Gasteiger partial charge on any atom is 0.329 e. The first-order valence-corrected chi connectivity index (χ1v) is 20.4. The van der Waals surface area contributed by atoms with Crippen LogP contribution >= 0.6 is 0 Å². The SMILES string of the molecule is CCC1/C=C(\C)C(F)C(C)CC(OC)C2OC(O)(C(=O)C(=O)N3CCCCC3C(=O)OC(C(C)=CC3CCC(O)C(O)C3)C(C)CCC1=O)C(C)CC2OC. The molecule has 14 unspecified atom stereocenters. The van der Waals surface area contributed by atoms with Crippen molar-refractivity contribution in [3.8, 4) is 0 Å². The van der Waals surface area contributed by atoms with Crippen molar-refractivity contribution in [3.05, 3.63) is 23.3 Å². The lowest BCUT2D eigenvalue weighted by molar-refractivity contribution is -0.302. The zero-order valence-corrected chi connectivity index (χ0v) is 34.1. The van der Waals surface area contributed by atoms with Gasteiger partial charge in [0.25, 0.3) is 11.7 Å². The number of halogens is 1. The molecule has 13 heteroatoms. The molecule has 14 atom stereocenters. The minimum absolute atomic E-state index is 0.0557. The van der Waals surface area contributed by atoms with E-state index >= 15 is 4.39 Å². The number of hydrogen-bond acceptors (Lipinski definition) is 11. The van der Waals surface area contributed by atoms with Gasteiger partial charge in [-0.3, -0.25) is 14.4 Å². The molecule has 0 aromatic heterocycles. The number of carbonyl (C=O) groups excluding carboxylic acids is 4. The molecule has 3 aliphatic heterocycles. The highest BCUT2D eigenvalue weighted by molar-refractivity contribution is 6.39. The molecule has 2 bridgehead atoms. The highest BCUT2D eigenvalue weighted by atomic mass is 19.1. The molecular weight excluding hydrogens is 713 g/mol. The van der Waals surface area contributed by atoms with Gasteiger partial charge in [0.1, 0.15) is 30.2 Å². The number of methoxy groups -OCH3 is 2. The highest BCUT2D eigenvalue weighted by Gasteiger charge is 2.56. The standard InChI is InChI=1S/C42H66FNO11/c1-9-29-19-24(3)36(43)25(4)20-34(52-7)38-35(53-8)21-27(6)42(51,55-38)39(48)40(49)44-17-11-10-12-30(44)41(50)54-37(23(2)13-15-31(29)45)26(5)18-28-14-16-32(46)33(47)22-28/h18-19,23,25,27-30,32-38,46-47,51H,9-17,20-22H2,1-8H3/b24-19+,26-18?. The Balaban J connectivity index is 1.76. The lowest BCUT2D eigenvalue weighted by atomic mass is 9.81. The summed E-state index contributed by atoms with van der Waals surface area (Å²) in [6, 6.07) is -1.10. The predicted octanol–water partition coefficient (Wildman–Crippen LogP) is 4.80. The van der Waals surface area contributed by atoms with E-state index in [-0.39, 0.29) is 49.8 Å². The van der Waals surface area contributed by atoms with Crippen LogP contribution in [0.2, 0.25) is 0 Å². The number of ether oxygens (including phenoxy) is 4. The smallest absolute Gasteiger partial charge is 0.329 e. The normalized spacial score (nSPS) is 42.1. The lowest BCUT2D eigenvalue weighted by Gasteiger charge is -2.47. The van der Waals surface area contributed by atoms with Crippen LogP contribution in [0.4, 0.5) is 4.39 Å². The van der Waals surface area contributed by atoms with E-state index in [4.69, 9.17) is 18.9 Å². The van der Waals surface area contributed by atoms with Gasteiger partial charge in [-0.2, -0.15) is 0 Å². The molecule has 12 nitrogen and oxygen atoms in total. The van der Waals surface area contributed by atoms with Crippen LogP contribution in [-0.2, 0) is 38.1 Å². The van der Waals surface area contributed by atoms with Gasteiger partial charge in [0.05, 0.1) is 24.4 Å². The number of ketones is 2. The van der Waals surface area contributed by atoms with E-state index in [2.05, 4.69) is 0 Å². The third kappa shape index (κ3) is 10.5. The molecule has 0 aromatic carbocycles. The molecule has 0 aromatic rings. The van der Waals surface area contributed by atoms with Crippen LogP contribution in [0.5, 0.6) is 0 Å². The van der Waals surface area contributed by atoms with Gasteiger partial charge in [0.2, 0.25) is 5.79 Å². The summed E-state index contributed by atoms with van der Waals surface area (Å²) in [5, 5.41) is 32.4. The molecule has 1 aliphatic carbocycles. The van der Waals surface area contributed by atoms with Crippen molar-refractivity contribution in [2.45, 2.75) is 167 Å². The first-order valence-electron chi connectivity index (χ1n) is 20.4. The van der Waals surface area contributed by atoms with Crippen molar-refractivity contribution in [1.29, 1.82) is 0 Å². The van der Waals surface area contributed by atoms with Crippen LogP contribution in [0.3, 0.4) is 0 Å². The molecule has 1 amide bonds. The van der Waals surface area contributed by atoms with Gasteiger partial charge in [-0.1, -0.05) is 39.8 Å². The number of nitrogens with zero attached hydrogens (tertiary/aromatic N) is 1. The Labute approximate surface area is 326 Å². The summed E-state index contributed by atoms with van der Waals surface area (Å²) in [7, 11) is 2.90. The number of esters is 1. The fraction of sp³-hybridized carbons (Fsp3) is 0.810. The number of cyclic esters (lactones) is 1. The van der Waals surface area contributed by atoms with E-state index in [1.165, 1.54) is 19.1 Å². The number of aliphatic hydroxyl groups excluding tert-OH is 2. The van der Waals surface area contributed by atoms with Gasteiger partial charge in [0.15, 0.2) is 0 Å². The summed E-state index contributed by atoms with van der Waals surface area (Å²) in [6.45, 7) is 10.7. The monoisotopic (exact) mass is 779 g/mol. The Kier molecular flexibility index (Phi) is 16.2. The maximum absolute atomic E-state index is 16.1. The lowest BCUT2D eigenvalue weighted by Crippen LogP contribution is -2.64. The first kappa shape index (κ1) is 45.2. The van der Waals surface area contributed by atoms with E-state index in [9.17, 15) is 34.5 Å². The summed E-state index contributed by atoms with van der Waals surface area (Å²) in [6.07, 6.45) is 1.25. The zero-order chi connectivity index (χ0) is 40.8. The molecule has 0 spiro atoms. The molecular formula is C42H66FNO11. The Morgan fingerprint density at radius 2 is 1.64 bits per heavy atom. The predicted molar refractivity (Wildman–Crippen MR) is 202 cm³/mol. The molecule has 3 N–H and O–H groups in total. The van der Waals surface area contributed by atoms with E-state index in [1.807, 2.05) is 26.8 Å². The van der Waals surface area contributed by atoms with Crippen LogP contribution in [0, 0.1) is 29.6 Å². The number of Topliss-reactive ketones (excluding diaryl/α,β-unsaturated/α-hetero) is 2. The number of hydrogen-bond donors (Lipinski definition) is 3. The second-order valence-corrected chi connectivity index (χ2v) is 16.8. The molecule has 2 saturated heterocycles. The molecule has 3 fully saturated rings. The first-order chi connectivity index (χ1) is 26.0. The van der Waals surface area contributed by atoms with Crippen molar-refractivity contribution in [2.75, 3.05) is 20.8 Å². The molecule has 312 valence electrons. The van der Waals surface area contributed by atoms with E-state index in [0.29, 0.717) is 56.1 Å². The number of fused-ring (bicyclic) bond motifs is 3. The van der Waals surface area contributed by atoms with E-state index < -0.39 is 90.0 Å². The summed E-state index contributed by atoms with van der Waals surface area (Å²) >= 11 is 0. The van der Waals surface area contributed by atoms with Gasteiger partial charge in [-0.05, 0) is 107 Å². The maximum atomic E-state index is 16.1. The largest absolute Gasteiger partial charge is 0.456 e. The van der Waals surface area contributed by atoms with E-state index in [1.54, 1.807) is 26.8 Å². The quantitative estimate of drug-likeness (QED) is 0.199. The van der Waals surface area contributed by atoms with Crippen LogP contribution in [0.15, 0.2) is 23.3 Å². The summed E-state index contributed by atoms with van der Waals surface area (Å²) in [4.78, 5) is 57.3. The van der Waals surface area contributed by atoms with Gasteiger partial charge >= 0.3 is 5.97 Å². The number of piperidine rings is 1. The van der Waals surface area contributed by atoms with Crippen molar-refractivity contribution >= 4 is 23.4 Å². The molecule has 3 heterocycles. The average Bonchev–Trinajstić information content (AvgIpc) is 3.17. The van der Waals surface area contributed by atoms with E-state index in [0.717, 1.165) is 0 Å². The number of carbonyl (C=O) groups is 4. The second kappa shape index (κ2) is 19.7. The Morgan fingerprint density at radius 3 is 2.27 bits per heavy atom. The van der Waals surface area contributed by atoms with Gasteiger partial charge < -0.3 is 39.2 Å². The molecule has 4 aliphatic rings. The second-order valence-electron chi connectivity index (χ2n) is 16.8. The molecule has 0 radical (unpaired) electrons. The summed E-state index contributed by atoms with van der Waals surface area (Å²) < 4.78 is 40.1. The summed E-state index contributed by atoms with van der Waals surface area (Å²) in [5.41, 5.74) is 1.12. The van der Waals surface area contributed by atoms with Crippen molar-refractivity contribution < 1.29 is 57.8 Å².